The van der Waals surface area contributed by atoms with Crippen molar-refractivity contribution in [2.75, 3.05) is 12.4 Å². The fourth-order valence-corrected chi connectivity index (χ4v) is 1.47. The van der Waals surface area contributed by atoms with E-state index >= 15 is 0 Å². The van der Waals surface area contributed by atoms with Gasteiger partial charge in [0.15, 0.2) is 0 Å². The number of nitrogens with one attached hydrogen (secondary N) is 1. The van der Waals surface area contributed by atoms with Crippen molar-refractivity contribution in [1.29, 1.82) is 0 Å². The molecule has 0 saturated heterocycles. The second-order valence-corrected chi connectivity index (χ2v) is 3.66. The molecule has 0 aliphatic heterocycles. The van der Waals surface area contributed by atoms with E-state index < -0.39 is 24.0 Å². The average molecular weight is 331 g/mol. The SMILES string of the molecule is COc1nc(OC(F)(F)F)c(NC(=O)O)cc1Br. The van der Waals surface area contributed by atoms with Crippen LogP contribution in [0.2, 0.25) is 0 Å². The molecule has 1 rings (SSSR count). The number of nitrogens with zero attached hydrogens (tertiary/aromatic N) is 1. The number of amides is 1. The summed E-state index contributed by atoms with van der Waals surface area (Å²) >= 11 is 2.95. The number of alkyl halides is 3. The molecular weight excluding hydrogens is 325 g/mol. The van der Waals surface area contributed by atoms with E-state index in [4.69, 9.17) is 5.11 Å². The van der Waals surface area contributed by atoms with Crippen molar-refractivity contribution < 1.29 is 32.5 Å². The normalized spacial score (nSPS) is 10.9. The average Bonchev–Trinajstić information content (AvgIpc) is 2.19. The third-order valence-electron chi connectivity index (χ3n) is 1.56. The maximum Gasteiger partial charge on any atom is 0.574 e. The van der Waals surface area contributed by atoms with Crippen molar-refractivity contribution in [2.24, 2.45) is 0 Å². The van der Waals surface area contributed by atoms with E-state index in [9.17, 15) is 18.0 Å². The highest BCUT2D eigenvalue weighted by Crippen LogP contribution is 2.35. The molecule has 1 heterocycles. The van der Waals surface area contributed by atoms with Crippen molar-refractivity contribution >= 4 is 27.7 Å². The summed E-state index contributed by atoms with van der Waals surface area (Å²) in [4.78, 5) is 13.8. The number of hydrogen-bond donors (Lipinski definition) is 2. The third kappa shape index (κ3) is 3.95. The molecule has 1 aromatic rings. The van der Waals surface area contributed by atoms with Crippen LogP contribution in [-0.2, 0) is 0 Å². The molecule has 18 heavy (non-hydrogen) atoms. The molecule has 1 amide bonds. The predicted molar refractivity (Wildman–Crippen MR) is 56.8 cm³/mol. The van der Waals surface area contributed by atoms with Crippen LogP contribution >= 0.6 is 15.9 Å². The van der Waals surface area contributed by atoms with Gasteiger partial charge in [-0.15, -0.1) is 13.2 Å². The zero-order valence-electron chi connectivity index (χ0n) is 8.71. The van der Waals surface area contributed by atoms with E-state index in [0.717, 1.165) is 6.07 Å². The molecule has 0 unspecified atom stereocenters. The quantitative estimate of drug-likeness (QED) is 0.890. The highest BCUT2D eigenvalue weighted by molar-refractivity contribution is 9.10. The minimum Gasteiger partial charge on any atom is -0.480 e. The summed E-state index contributed by atoms with van der Waals surface area (Å²) in [6, 6.07) is 1.04. The van der Waals surface area contributed by atoms with Gasteiger partial charge in [-0.2, -0.15) is 4.98 Å². The Bertz CT molecular complexity index is 466. The predicted octanol–water partition coefficient (Wildman–Crippen LogP) is 2.84. The van der Waals surface area contributed by atoms with Crippen LogP contribution in [0.25, 0.3) is 0 Å². The molecule has 0 aliphatic carbocycles. The van der Waals surface area contributed by atoms with Crippen LogP contribution in [0, 0.1) is 0 Å². The maximum absolute atomic E-state index is 12.1. The summed E-state index contributed by atoms with van der Waals surface area (Å²) in [6.45, 7) is 0. The van der Waals surface area contributed by atoms with Crippen LogP contribution in [0.15, 0.2) is 10.5 Å². The monoisotopic (exact) mass is 330 g/mol. The summed E-state index contributed by atoms with van der Waals surface area (Å²) in [6.07, 6.45) is -6.55. The lowest BCUT2D eigenvalue weighted by Crippen LogP contribution is -2.20. The number of methoxy groups -OCH3 is 1. The van der Waals surface area contributed by atoms with Crippen LogP contribution in [0.5, 0.6) is 11.8 Å². The molecule has 100 valence electrons. The summed E-state index contributed by atoms with van der Waals surface area (Å²) in [5.74, 6) is -1.13. The molecule has 0 saturated carbocycles. The van der Waals surface area contributed by atoms with E-state index in [1.807, 2.05) is 0 Å². The second-order valence-electron chi connectivity index (χ2n) is 2.81. The number of aromatic nitrogens is 1. The molecule has 0 atom stereocenters. The van der Waals surface area contributed by atoms with Crippen molar-refractivity contribution in [3.8, 4) is 11.8 Å². The Kier molecular flexibility index (Phi) is 4.22. The lowest BCUT2D eigenvalue weighted by atomic mass is 10.4. The van der Waals surface area contributed by atoms with E-state index in [0.29, 0.717) is 0 Å². The van der Waals surface area contributed by atoms with Crippen molar-refractivity contribution in [3.05, 3.63) is 10.5 Å². The van der Waals surface area contributed by atoms with Gasteiger partial charge >= 0.3 is 12.5 Å². The maximum atomic E-state index is 12.1. The molecule has 1 aromatic heterocycles. The summed E-state index contributed by atoms with van der Waals surface area (Å²) < 4.78 is 44.8. The van der Waals surface area contributed by atoms with Crippen molar-refractivity contribution in [3.63, 3.8) is 0 Å². The number of pyridine rings is 1. The third-order valence-corrected chi connectivity index (χ3v) is 2.12. The zero-order chi connectivity index (χ0) is 13.9. The fraction of sp³-hybridized carbons (Fsp3) is 0.250. The van der Waals surface area contributed by atoms with E-state index in [2.05, 4.69) is 30.4 Å². The van der Waals surface area contributed by atoms with Gasteiger partial charge in [0.1, 0.15) is 5.69 Å². The van der Waals surface area contributed by atoms with E-state index in [1.54, 1.807) is 5.32 Å². The lowest BCUT2D eigenvalue weighted by molar-refractivity contribution is -0.275. The number of hydrogen-bond acceptors (Lipinski definition) is 4. The van der Waals surface area contributed by atoms with Gasteiger partial charge in [0.2, 0.25) is 11.8 Å². The highest BCUT2D eigenvalue weighted by atomic mass is 79.9. The van der Waals surface area contributed by atoms with Gasteiger partial charge < -0.3 is 14.6 Å². The Morgan fingerprint density at radius 1 is 1.50 bits per heavy atom. The summed E-state index contributed by atoms with van der Waals surface area (Å²) in [5.41, 5.74) is -0.465. The number of carboxylic acid groups (broad SMARTS) is 1. The van der Waals surface area contributed by atoms with Gasteiger partial charge in [-0.3, -0.25) is 5.32 Å². The van der Waals surface area contributed by atoms with Gasteiger partial charge in [-0.25, -0.2) is 4.79 Å². The topological polar surface area (TPSA) is 80.7 Å². The molecule has 0 aliphatic rings. The largest absolute Gasteiger partial charge is 0.574 e. The first-order chi connectivity index (χ1) is 8.23. The van der Waals surface area contributed by atoms with Gasteiger partial charge in [0.05, 0.1) is 11.6 Å². The lowest BCUT2D eigenvalue weighted by Gasteiger charge is -2.13. The Morgan fingerprint density at radius 3 is 2.56 bits per heavy atom. The number of carbonyl (C=O) groups is 1. The fourth-order valence-electron chi connectivity index (χ4n) is 0.991. The van der Waals surface area contributed by atoms with Gasteiger partial charge in [0, 0.05) is 0 Å². The highest BCUT2D eigenvalue weighted by Gasteiger charge is 2.33. The van der Waals surface area contributed by atoms with Gasteiger partial charge in [-0.1, -0.05) is 0 Å². The minimum absolute atomic E-state index is 0.170. The van der Waals surface area contributed by atoms with E-state index in [1.165, 1.54) is 7.11 Å². The minimum atomic E-state index is -5.00. The standard InChI is InChI=1S/C8H6BrF3N2O4/c1-17-5-3(9)2-4(13-7(15)16)6(14-5)18-8(10,11)12/h2,13H,1H3,(H,15,16). The Labute approximate surface area is 107 Å². The van der Waals surface area contributed by atoms with E-state index in [-0.39, 0.29) is 10.4 Å². The van der Waals surface area contributed by atoms with Crippen LogP contribution in [0.1, 0.15) is 0 Å². The number of ether oxygens (including phenoxy) is 2. The van der Waals surface area contributed by atoms with Crippen LogP contribution in [0.4, 0.5) is 23.7 Å². The second kappa shape index (κ2) is 5.29. The molecular formula is C8H6BrF3N2O4. The molecule has 6 nitrogen and oxygen atoms in total. The Balaban J connectivity index is 3.21. The molecule has 0 spiro atoms. The number of anilines is 1. The molecule has 0 aromatic carbocycles. The molecule has 0 fully saturated rings. The van der Waals surface area contributed by atoms with Crippen molar-refractivity contribution in [2.45, 2.75) is 6.36 Å². The first-order valence-electron chi connectivity index (χ1n) is 4.23. The molecule has 0 radical (unpaired) electrons. The first-order valence-corrected chi connectivity index (χ1v) is 5.02. The van der Waals surface area contributed by atoms with Gasteiger partial charge in [-0.05, 0) is 22.0 Å². The zero-order valence-corrected chi connectivity index (χ0v) is 10.3. The number of halogens is 4. The smallest absolute Gasteiger partial charge is 0.480 e. The molecule has 10 heteroatoms. The van der Waals surface area contributed by atoms with Crippen LogP contribution in [0.3, 0.4) is 0 Å². The van der Waals surface area contributed by atoms with Gasteiger partial charge in [0.25, 0.3) is 0 Å². The molecule has 0 bridgehead atoms. The number of rotatable bonds is 3. The van der Waals surface area contributed by atoms with Crippen LogP contribution < -0.4 is 14.8 Å². The Morgan fingerprint density at radius 2 is 2.11 bits per heavy atom. The summed E-state index contributed by atoms with van der Waals surface area (Å²) in [5, 5.41) is 10.2. The Hall–Kier alpha value is -1.71. The van der Waals surface area contributed by atoms with Crippen LogP contribution in [-0.4, -0.2) is 29.7 Å². The summed E-state index contributed by atoms with van der Waals surface area (Å²) in [7, 11) is 1.19. The first kappa shape index (κ1) is 14.4. The molecule has 2 N–H and O–H groups in total. The van der Waals surface area contributed by atoms with Crippen molar-refractivity contribution in [1.82, 2.24) is 4.98 Å².